The third kappa shape index (κ3) is 4.28. The Balaban J connectivity index is 2.23. The fourth-order valence-electron chi connectivity index (χ4n) is 2.83. The lowest BCUT2D eigenvalue weighted by molar-refractivity contribution is -0.112. The molecule has 0 spiro atoms. The van der Waals surface area contributed by atoms with Crippen molar-refractivity contribution in [2.75, 3.05) is 5.32 Å². The van der Waals surface area contributed by atoms with Crippen LogP contribution in [0.5, 0.6) is 0 Å². The van der Waals surface area contributed by atoms with Crippen LogP contribution in [-0.4, -0.2) is 16.3 Å². The fraction of sp³-hybridized carbons (Fsp3) is 0.286. The van der Waals surface area contributed by atoms with E-state index in [4.69, 9.17) is 0 Å². The summed E-state index contributed by atoms with van der Waals surface area (Å²) in [6.45, 7) is 8.51. The van der Waals surface area contributed by atoms with Gasteiger partial charge in [-0.25, -0.2) is 0 Å². The molecule has 0 radical (unpaired) electrons. The molecule has 0 unspecified atom stereocenters. The average molecular weight is 349 g/mol. The minimum atomic E-state index is -0.469. The van der Waals surface area contributed by atoms with Gasteiger partial charge in [0.1, 0.15) is 11.6 Å². The summed E-state index contributed by atoms with van der Waals surface area (Å²) in [5.41, 5.74) is 4.16. The Morgan fingerprint density at radius 2 is 1.88 bits per heavy atom. The monoisotopic (exact) mass is 349 g/mol. The second kappa shape index (κ2) is 8.30. The van der Waals surface area contributed by atoms with Crippen LogP contribution in [0.15, 0.2) is 35.9 Å². The summed E-state index contributed by atoms with van der Waals surface area (Å²) in [7, 11) is 0. The minimum Gasteiger partial charge on any atom is -0.349 e. The van der Waals surface area contributed by atoms with E-state index < -0.39 is 5.91 Å². The zero-order valence-corrected chi connectivity index (χ0v) is 15.6. The second-order valence-corrected chi connectivity index (χ2v) is 6.24. The Labute approximate surface area is 153 Å². The standard InChI is InChI=1S/C21H23N3O2/c1-5-10-24-14(2)11-18(15(24)3)12-19(13-22)21(26)23-20-8-6-17(7-9-20)16(4)25/h6-9,11-12H,5,10H2,1-4H3,(H,23,26)/b19-12-. The summed E-state index contributed by atoms with van der Waals surface area (Å²) in [4.78, 5) is 23.7. The van der Waals surface area contributed by atoms with Gasteiger partial charge in [0.2, 0.25) is 0 Å². The van der Waals surface area contributed by atoms with Crippen LogP contribution in [0.2, 0.25) is 0 Å². The first-order chi connectivity index (χ1) is 12.4. The van der Waals surface area contributed by atoms with Gasteiger partial charge in [0.25, 0.3) is 5.91 Å². The van der Waals surface area contributed by atoms with Gasteiger partial charge in [-0.15, -0.1) is 0 Å². The maximum atomic E-state index is 12.4. The van der Waals surface area contributed by atoms with Crippen molar-refractivity contribution >= 4 is 23.5 Å². The number of carbonyl (C=O) groups is 2. The molecular formula is C21H23N3O2. The van der Waals surface area contributed by atoms with E-state index in [0.717, 1.165) is 29.9 Å². The van der Waals surface area contributed by atoms with Gasteiger partial charge in [0.15, 0.2) is 5.78 Å². The Bertz CT molecular complexity index is 897. The molecule has 0 atom stereocenters. The molecule has 2 aromatic rings. The van der Waals surface area contributed by atoms with Crippen LogP contribution in [0.4, 0.5) is 5.69 Å². The highest BCUT2D eigenvalue weighted by molar-refractivity contribution is 6.09. The molecule has 0 aliphatic rings. The summed E-state index contributed by atoms with van der Waals surface area (Å²) >= 11 is 0. The molecule has 134 valence electrons. The van der Waals surface area contributed by atoms with Crippen LogP contribution < -0.4 is 5.32 Å². The average Bonchev–Trinajstić information content (AvgIpc) is 2.87. The van der Waals surface area contributed by atoms with Crippen LogP contribution in [0.3, 0.4) is 0 Å². The molecule has 0 bridgehead atoms. The summed E-state index contributed by atoms with van der Waals surface area (Å²) in [6, 6.07) is 10.5. The van der Waals surface area contributed by atoms with Crippen molar-refractivity contribution in [3.8, 4) is 6.07 Å². The van der Waals surface area contributed by atoms with Crippen LogP contribution >= 0.6 is 0 Å². The molecule has 1 heterocycles. The lowest BCUT2D eigenvalue weighted by Crippen LogP contribution is -2.13. The molecular weight excluding hydrogens is 326 g/mol. The maximum absolute atomic E-state index is 12.4. The summed E-state index contributed by atoms with van der Waals surface area (Å²) in [5.74, 6) is -0.508. The van der Waals surface area contributed by atoms with Crippen molar-refractivity contribution in [1.29, 1.82) is 5.26 Å². The lowest BCUT2D eigenvalue weighted by Gasteiger charge is -2.07. The molecule has 1 aromatic heterocycles. The van der Waals surface area contributed by atoms with Crippen molar-refractivity contribution in [3.05, 3.63) is 58.4 Å². The van der Waals surface area contributed by atoms with Crippen LogP contribution in [0, 0.1) is 25.2 Å². The number of nitrogens with zero attached hydrogens (tertiary/aromatic N) is 2. The van der Waals surface area contributed by atoms with Gasteiger partial charge >= 0.3 is 0 Å². The summed E-state index contributed by atoms with van der Waals surface area (Å²) in [6.07, 6.45) is 2.63. The van der Waals surface area contributed by atoms with Gasteiger partial charge in [-0.3, -0.25) is 9.59 Å². The molecule has 1 N–H and O–H groups in total. The van der Waals surface area contributed by atoms with Crippen LogP contribution in [0.25, 0.3) is 6.08 Å². The quantitative estimate of drug-likeness (QED) is 0.481. The molecule has 0 aliphatic heterocycles. The normalized spacial score (nSPS) is 11.1. The number of carbonyl (C=O) groups excluding carboxylic acids is 2. The van der Waals surface area contributed by atoms with Gasteiger partial charge in [-0.05, 0) is 69.2 Å². The van der Waals surface area contributed by atoms with Gasteiger partial charge in [-0.1, -0.05) is 6.92 Å². The SMILES string of the molecule is CCCn1c(C)cc(/C=C(/C#N)C(=O)Nc2ccc(C(C)=O)cc2)c1C. The smallest absolute Gasteiger partial charge is 0.266 e. The van der Waals surface area contributed by atoms with Gasteiger partial charge in [-0.2, -0.15) is 5.26 Å². The Morgan fingerprint density at radius 1 is 1.23 bits per heavy atom. The summed E-state index contributed by atoms with van der Waals surface area (Å²) in [5, 5.41) is 12.1. The summed E-state index contributed by atoms with van der Waals surface area (Å²) < 4.78 is 2.18. The zero-order chi connectivity index (χ0) is 19.3. The number of aromatic nitrogens is 1. The molecule has 0 saturated heterocycles. The topological polar surface area (TPSA) is 74.9 Å². The van der Waals surface area contributed by atoms with Gasteiger partial charge in [0, 0.05) is 29.2 Å². The Morgan fingerprint density at radius 3 is 2.42 bits per heavy atom. The predicted octanol–water partition coefficient (Wildman–Crippen LogP) is 4.26. The highest BCUT2D eigenvalue weighted by Gasteiger charge is 2.13. The van der Waals surface area contributed by atoms with Gasteiger partial charge in [0.05, 0.1) is 0 Å². The van der Waals surface area contributed by atoms with E-state index in [1.807, 2.05) is 26.0 Å². The highest BCUT2D eigenvalue weighted by atomic mass is 16.1. The van der Waals surface area contributed by atoms with Crippen molar-refractivity contribution in [1.82, 2.24) is 4.57 Å². The Kier molecular flexibility index (Phi) is 6.13. The second-order valence-electron chi connectivity index (χ2n) is 6.24. The molecule has 1 aromatic carbocycles. The molecule has 0 saturated carbocycles. The van der Waals surface area contributed by atoms with E-state index >= 15 is 0 Å². The molecule has 0 fully saturated rings. The number of ketones is 1. The van der Waals surface area contributed by atoms with E-state index in [1.165, 1.54) is 6.92 Å². The first-order valence-electron chi connectivity index (χ1n) is 8.58. The van der Waals surface area contributed by atoms with E-state index in [1.54, 1.807) is 30.3 Å². The number of nitriles is 1. The molecule has 2 rings (SSSR count). The van der Waals surface area contributed by atoms with Crippen LogP contribution in [0.1, 0.15) is 47.6 Å². The van der Waals surface area contributed by atoms with E-state index in [0.29, 0.717) is 11.3 Å². The third-order valence-corrected chi connectivity index (χ3v) is 4.27. The molecule has 26 heavy (non-hydrogen) atoms. The number of benzene rings is 1. The predicted molar refractivity (Wildman–Crippen MR) is 103 cm³/mol. The Hall–Kier alpha value is -3.13. The third-order valence-electron chi connectivity index (χ3n) is 4.27. The van der Waals surface area contributed by atoms with E-state index in [2.05, 4.69) is 16.8 Å². The number of hydrogen-bond donors (Lipinski definition) is 1. The minimum absolute atomic E-state index is 0.0390. The van der Waals surface area contributed by atoms with E-state index in [9.17, 15) is 14.9 Å². The van der Waals surface area contributed by atoms with Gasteiger partial charge < -0.3 is 9.88 Å². The number of nitrogens with one attached hydrogen (secondary N) is 1. The number of amides is 1. The molecule has 5 heteroatoms. The number of hydrogen-bond acceptors (Lipinski definition) is 3. The lowest BCUT2D eigenvalue weighted by atomic mass is 10.1. The number of aryl methyl sites for hydroxylation is 1. The fourth-order valence-corrected chi connectivity index (χ4v) is 2.83. The highest BCUT2D eigenvalue weighted by Crippen LogP contribution is 2.19. The van der Waals surface area contributed by atoms with E-state index in [-0.39, 0.29) is 11.4 Å². The first kappa shape index (κ1) is 19.2. The zero-order valence-electron chi connectivity index (χ0n) is 15.6. The molecule has 5 nitrogen and oxygen atoms in total. The first-order valence-corrected chi connectivity index (χ1v) is 8.58. The molecule has 0 aliphatic carbocycles. The largest absolute Gasteiger partial charge is 0.349 e. The molecule has 1 amide bonds. The van der Waals surface area contributed by atoms with Crippen LogP contribution in [-0.2, 0) is 11.3 Å². The van der Waals surface area contributed by atoms with Crippen molar-refractivity contribution < 1.29 is 9.59 Å². The maximum Gasteiger partial charge on any atom is 0.266 e. The number of Topliss-reactive ketones (excluding diaryl/α,β-unsaturated/α-hetero) is 1. The van der Waals surface area contributed by atoms with Crippen molar-refractivity contribution in [3.63, 3.8) is 0 Å². The van der Waals surface area contributed by atoms with Crippen molar-refractivity contribution in [2.24, 2.45) is 0 Å². The number of anilines is 1. The number of rotatable bonds is 6. The van der Waals surface area contributed by atoms with Crippen molar-refractivity contribution in [2.45, 2.75) is 40.7 Å².